The van der Waals surface area contributed by atoms with Crippen LogP contribution in [0.4, 0.5) is 5.69 Å². The van der Waals surface area contributed by atoms with Crippen molar-refractivity contribution in [2.75, 3.05) is 5.23 Å². The molecule has 4 N–H and O–H groups in total. The smallest absolute Gasteiger partial charge is 0.280 e. The molecule has 0 spiro atoms. The van der Waals surface area contributed by atoms with E-state index in [1.54, 1.807) is 24.3 Å². The summed E-state index contributed by atoms with van der Waals surface area (Å²) in [6.45, 7) is 0. The van der Waals surface area contributed by atoms with Crippen LogP contribution in [-0.4, -0.2) is 20.5 Å². The number of aromatic hydroxyl groups is 1. The van der Waals surface area contributed by atoms with Crippen molar-refractivity contribution in [3.63, 3.8) is 0 Å². The highest BCUT2D eigenvalue weighted by atomic mass is 16.8. The van der Waals surface area contributed by atoms with Gasteiger partial charge in [0.15, 0.2) is 5.75 Å². The topological polar surface area (TPSA) is 96.8 Å². The number of benzene rings is 1. The lowest BCUT2D eigenvalue weighted by Crippen LogP contribution is -2.21. The van der Waals surface area contributed by atoms with Crippen molar-refractivity contribution in [3.05, 3.63) is 34.6 Å². The molecule has 0 amide bonds. The van der Waals surface area contributed by atoms with Gasteiger partial charge in [0.05, 0.1) is 5.52 Å². The Morgan fingerprint density at radius 3 is 2.53 bits per heavy atom. The highest BCUT2D eigenvalue weighted by Crippen LogP contribution is 2.28. The highest BCUT2D eigenvalue weighted by Gasteiger charge is 2.15. The van der Waals surface area contributed by atoms with Gasteiger partial charge in [0.25, 0.3) is 5.56 Å². The molecular weight excluding hydrogens is 200 g/mol. The first-order valence-corrected chi connectivity index (χ1v) is 4.13. The van der Waals surface area contributed by atoms with Crippen molar-refractivity contribution in [2.45, 2.75) is 0 Å². The van der Waals surface area contributed by atoms with Crippen LogP contribution in [0.2, 0.25) is 0 Å². The Kier molecular flexibility index (Phi) is 2.07. The Balaban J connectivity index is 2.90. The van der Waals surface area contributed by atoms with Crippen LogP contribution in [0, 0.1) is 0 Å². The summed E-state index contributed by atoms with van der Waals surface area (Å²) in [5, 5.41) is 27.1. The fourth-order valence-electron chi connectivity index (χ4n) is 1.40. The van der Waals surface area contributed by atoms with E-state index >= 15 is 0 Å². The van der Waals surface area contributed by atoms with Gasteiger partial charge in [-0.1, -0.05) is 12.1 Å². The lowest BCUT2D eigenvalue weighted by molar-refractivity contribution is 0.0273. The first kappa shape index (κ1) is 9.50. The highest BCUT2D eigenvalue weighted by molar-refractivity contribution is 5.89. The molecule has 78 valence electrons. The van der Waals surface area contributed by atoms with Crippen molar-refractivity contribution in [2.24, 2.45) is 0 Å². The van der Waals surface area contributed by atoms with E-state index in [-0.39, 0.29) is 0 Å². The predicted molar refractivity (Wildman–Crippen MR) is 52.3 cm³/mol. The van der Waals surface area contributed by atoms with Crippen LogP contribution in [0.3, 0.4) is 0 Å². The normalized spacial score (nSPS) is 10.5. The summed E-state index contributed by atoms with van der Waals surface area (Å²) in [4.78, 5) is 13.7. The summed E-state index contributed by atoms with van der Waals surface area (Å²) in [7, 11) is 0. The molecule has 2 aromatic rings. The largest absolute Gasteiger partial charge is 0.505 e. The lowest BCUT2D eigenvalue weighted by atomic mass is 10.2. The van der Waals surface area contributed by atoms with Gasteiger partial charge in [0.2, 0.25) is 5.69 Å². The number of aromatic nitrogens is 1. The van der Waals surface area contributed by atoms with Gasteiger partial charge >= 0.3 is 0 Å². The van der Waals surface area contributed by atoms with Crippen molar-refractivity contribution < 1.29 is 15.5 Å². The zero-order valence-corrected chi connectivity index (χ0v) is 7.51. The van der Waals surface area contributed by atoms with Gasteiger partial charge in [-0.3, -0.25) is 15.2 Å². The molecule has 0 bridgehead atoms. The second-order valence-electron chi connectivity index (χ2n) is 2.99. The van der Waals surface area contributed by atoms with Crippen LogP contribution in [0.25, 0.3) is 10.9 Å². The van der Waals surface area contributed by atoms with Gasteiger partial charge in [0, 0.05) is 5.39 Å². The van der Waals surface area contributed by atoms with Crippen molar-refractivity contribution in [3.8, 4) is 5.75 Å². The second-order valence-corrected chi connectivity index (χ2v) is 2.99. The number of aromatic amines is 1. The standard InChI is InChI=1S/C9H8N2O4/c12-8-5-3-1-2-4-6(5)10-9(13)7(8)11(14)15/h1-4,14-15H,(H2,10,12,13). The maximum absolute atomic E-state index is 11.3. The van der Waals surface area contributed by atoms with E-state index in [1.807, 2.05) is 0 Å². The van der Waals surface area contributed by atoms with Gasteiger partial charge in [-0.25, -0.2) is 0 Å². The average Bonchev–Trinajstić information content (AvgIpc) is 2.17. The zero-order valence-electron chi connectivity index (χ0n) is 7.51. The zero-order chi connectivity index (χ0) is 11.0. The van der Waals surface area contributed by atoms with Crippen LogP contribution < -0.4 is 10.8 Å². The van der Waals surface area contributed by atoms with Crippen molar-refractivity contribution in [1.29, 1.82) is 0 Å². The first-order valence-electron chi connectivity index (χ1n) is 4.13. The molecule has 0 saturated heterocycles. The van der Waals surface area contributed by atoms with Crippen LogP contribution in [0.5, 0.6) is 5.75 Å². The molecule has 2 rings (SSSR count). The fraction of sp³-hybridized carbons (Fsp3) is 0. The molecule has 0 atom stereocenters. The molecule has 0 aliphatic rings. The third kappa shape index (κ3) is 1.41. The summed E-state index contributed by atoms with van der Waals surface area (Å²) in [5.41, 5.74) is -0.963. The van der Waals surface area contributed by atoms with Crippen LogP contribution in [0.15, 0.2) is 29.1 Å². The SMILES string of the molecule is O=c1[nH]c2ccccc2c(O)c1N(O)O. The monoisotopic (exact) mass is 208 g/mol. The minimum Gasteiger partial charge on any atom is -0.505 e. The van der Waals surface area contributed by atoms with Crippen LogP contribution >= 0.6 is 0 Å². The number of H-pyrrole nitrogens is 1. The summed E-state index contributed by atoms with van der Waals surface area (Å²) < 4.78 is 0. The number of anilines is 1. The minimum atomic E-state index is -0.781. The summed E-state index contributed by atoms with van der Waals surface area (Å²) in [6, 6.07) is 6.49. The Morgan fingerprint density at radius 2 is 1.87 bits per heavy atom. The quantitative estimate of drug-likeness (QED) is 0.520. The molecule has 1 aromatic heterocycles. The van der Waals surface area contributed by atoms with Crippen molar-refractivity contribution in [1.82, 2.24) is 4.98 Å². The molecule has 6 nitrogen and oxygen atoms in total. The Hall–Kier alpha value is -2.05. The Labute approximate surface area is 83.5 Å². The number of fused-ring (bicyclic) bond motifs is 1. The van der Waals surface area contributed by atoms with E-state index in [1.165, 1.54) is 0 Å². The molecule has 15 heavy (non-hydrogen) atoms. The third-order valence-corrected chi connectivity index (χ3v) is 2.07. The molecule has 0 unspecified atom stereocenters. The Morgan fingerprint density at radius 1 is 1.20 bits per heavy atom. The summed E-state index contributed by atoms with van der Waals surface area (Å²) in [5.74, 6) is -0.473. The number of hydrogen-bond donors (Lipinski definition) is 4. The lowest BCUT2D eigenvalue weighted by Gasteiger charge is -2.10. The van der Waals surface area contributed by atoms with Gasteiger partial charge in [0.1, 0.15) is 0 Å². The third-order valence-electron chi connectivity index (χ3n) is 2.07. The molecule has 0 radical (unpaired) electrons. The number of nitrogens with zero attached hydrogens (tertiary/aromatic N) is 1. The number of rotatable bonds is 1. The average molecular weight is 208 g/mol. The van der Waals surface area contributed by atoms with Crippen LogP contribution in [-0.2, 0) is 0 Å². The van der Waals surface area contributed by atoms with E-state index < -0.39 is 22.2 Å². The summed E-state index contributed by atoms with van der Waals surface area (Å²) in [6.07, 6.45) is 0. The van der Waals surface area contributed by atoms with Crippen molar-refractivity contribution >= 4 is 16.6 Å². The molecular formula is C9H8N2O4. The van der Waals surface area contributed by atoms with E-state index in [4.69, 9.17) is 10.4 Å². The molecule has 0 aliphatic heterocycles. The predicted octanol–water partition coefficient (Wildman–Crippen LogP) is 0.819. The van der Waals surface area contributed by atoms with Gasteiger partial charge < -0.3 is 10.1 Å². The fourth-order valence-corrected chi connectivity index (χ4v) is 1.40. The molecule has 6 heteroatoms. The van der Waals surface area contributed by atoms with Gasteiger partial charge in [-0.15, -0.1) is 5.23 Å². The minimum absolute atomic E-state index is 0.334. The number of hydrogen-bond acceptors (Lipinski definition) is 5. The Bertz CT molecular complexity index is 562. The maximum Gasteiger partial charge on any atom is 0.280 e. The molecule has 0 saturated carbocycles. The van der Waals surface area contributed by atoms with E-state index in [2.05, 4.69) is 4.98 Å². The van der Waals surface area contributed by atoms with Crippen LogP contribution in [0.1, 0.15) is 0 Å². The molecule has 0 fully saturated rings. The molecule has 1 aromatic carbocycles. The van der Waals surface area contributed by atoms with Gasteiger partial charge in [-0.2, -0.15) is 0 Å². The van der Waals surface area contributed by atoms with E-state index in [0.717, 1.165) is 0 Å². The molecule has 1 heterocycles. The number of pyridine rings is 1. The summed E-state index contributed by atoms with van der Waals surface area (Å²) >= 11 is 0. The van der Waals surface area contributed by atoms with E-state index in [9.17, 15) is 9.90 Å². The number of nitrogens with one attached hydrogen (secondary N) is 1. The van der Waals surface area contributed by atoms with Gasteiger partial charge in [-0.05, 0) is 12.1 Å². The number of para-hydroxylation sites is 1. The first-order chi connectivity index (χ1) is 7.11. The maximum atomic E-state index is 11.3. The molecule has 0 aliphatic carbocycles. The van der Waals surface area contributed by atoms with E-state index in [0.29, 0.717) is 10.9 Å². The second kappa shape index (κ2) is 3.26.